The summed E-state index contributed by atoms with van der Waals surface area (Å²) in [6.07, 6.45) is 7.35. The lowest BCUT2D eigenvalue weighted by molar-refractivity contribution is -0.143. The van der Waals surface area contributed by atoms with Gasteiger partial charge < -0.3 is 21.1 Å². The van der Waals surface area contributed by atoms with E-state index in [0.717, 1.165) is 25.7 Å². The molecule has 0 atom stereocenters. The molecule has 2 fully saturated rings. The smallest absolute Gasteiger partial charge is 0.329 e. The van der Waals surface area contributed by atoms with Crippen molar-refractivity contribution in [3.8, 4) is 0 Å². The van der Waals surface area contributed by atoms with Gasteiger partial charge in [0.2, 0.25) is 5.91 Å². The number of carbonyl (C=O) groups is 3. The number of urea groups is 1. The van der Waals surface area contributed by atoms with Crippen molar-refractivity contribution in [2.45, 2.75) is 69.4 Å². The molecule has 0 aromatic carbocycles. The Morgan fingerprint density at radius 3 is 2.36 bits per heavy atom. The minimum atomic E-state index is -1.02. The zero-order chi connectivity index (χ0) is 16.0. The van der Waals surface area contributed by atoms with E-state index < -0.39 is 11.5 Å². The molecule has 0 bridgehead atoms. The van der Waals surface area contributed by atoms with E-state index in [-0.39, 0.29) is 24.4 Å². The van der Waals surface area contributed by atoms with Crippen LogP contribution in [0.1, 0.15) is 57.8 Å². The minimum absolute atomic E-state index is 0.184. The first-order chi connectivity index (χ1) is 10.5. The van der Waals surface area contributed by atoms with Gasteiger partial charge in [-0.25, -0.2) is 9.59 Å². The molecule has 0 aromatic rings. The summed E-state index contributed by atoms with van der Waals surface area (Å²) in [5, 5.41) is 17.2. The predicted molar refractivity (Wildman–Crippen MR) is 80.4 cm³/mol. The van der Waals surface area contributed by atoms with Crippen molar-refractivity contribution in [1.82, 2.24) is 16.0 Å². The summed E-state index contributed by atoms with van der Waals surface area (Å²) in [7, 11) is 0. The van der Waals surface area contributed by atoms with E-state index >= 15 is 0 Å². The molecule has 124 valence electrons. The average Bonchev–Trinajstić information content (AvgIpc) is 3.25. The van der Waals surface area contributed by atoms with Gasteiger partial charge in [0.05, 0.1) is 0 Å². The molecule has 0 heterocycles. The van der Waals surface area contributed by atoms with Gasteiger partial charge in [0.1, 0.15) is 5.54 Å². The average molecular weight is 311 g/mol. The number of carboxylic acid groups (broad SMARTS) is 1. The number of hydrogen-bond acceptors (Lipinski definition) is 3. The second-order valence-corrected chi connectivity index (χ2v) is 6.27. The van der Waals surface area contributed by atoms with Gasteiger partial charge in [-0.1, -0.05) is 19.3 Å². The first kappa shape index (κ1) is 16.6. The lowest BCUT2D eigenvalue weighted by Crippen LogP contribution is -2.44. The van der Waals surface area contributed by atoms with Gasteiger partial charge in [-0.2, -0.15) is 0 Å². The zero-order valence-corrected chi connectivity index (χ0v) is 12.8. The van der Waals surface area contributed by atoms with Crippen molar-refractivity contribution in [3.05, 3.63) is 0 Å². The molecule has 7 nitrogen and oxygen atoms in total. The maximum Gasteiger partial charge on any atom is 0.329 e. The van der Waals surface area contributed by atoms with Crippen LogP contribution in [-0.2, 0) is 9.59 Å². The highest BCUT2D eigenvalue weighted by molar-refractivity contribution is 5.89. The van der Waals surface area contributed by atoms with Crippen molar-refractivity contribution in [1.29, 1.82) is 0 Å². The number of rotatable bonds is 7. The van der Waals surface area contributed by atoms with Gasteiger partial charge in [-0.3, -0.25) is 4.79 Å². The Hall–Kier alpha value is -1.79. The molecule has 7 heteroatoms. The summed E-state index contributed by atoms with van der Waals surface area (Å²) in [4.78, 5) is 34.3. The molecule has 0 radical (unpaired) electrons. The van der Waals surface area contributed by atoms with Crippen LogP contribution in [-0.4, -0.2) is 41.1 Å². The summed E-state index contributed by atoms with van der Waals surface area (Å²) in [6.45, 7) is 0.409. The molecule has 2 aliphatic carbocycles. The normalized spacial score (nSPS) is 20.0. The number of amides is 3. The Morgan fingerprint density at radius 2 is 1.77 bits per heavy atom. The zero-order valence-electron chi connectivity index (χ0n) is 12.8. The van der Waals surface area contributed by atoms with Gasteiger partial charge in [0, 0.05) is 19.0 Å². The molecular weight excluding hydrogens is 286 g/mol. The Balaban J connectivity index is 1.54. The second kappa shape index (κ2) is 7.47. The second-order valence-electron chi connectivity index (χ2n) is 6.27. The Morgan fingerprint density at radius 1 is 1.09 bits per heavy atom. The number of aliphatic carboxylic acids is 1. The van der Waals surface area contributed by atoms with Crippen molar-refractivity contribution in [2.75, 3.05) is 6.54 Å². The molecular formula is C15H25N3O4. The maximum atomic E-state index is 11.7. The van der Waals surface area contributed by atoms with Crippen LogP contribution < -0.4 is 16.0 Å². The summed E-state index contributed by atoms with van der Waals surface area (Å²) in [5.74, 6) is -1.24. The van der Waals surface area contributed by atoms with Crippen LogP contribution >= 0.6 is 0 Å². The van der Waals surface area contributed by atoms with Crippen LogP contribution in [0.15, 0.2) is 0 Å². The van der Waals surface area contributed by atoms with Gasteiger partial charge in [-0.05, 0) is 32.1 Å². The third-order valence-corrected chi connectivity index (χ3v) is 4.34. The first-order valence-corrected chi connectivity index (χ1v) is 8.11. The maximum absolute atomic E-state index is 11.7. The molecule has 0 aliphatic heterocycles. The molecule has 3 amide bonds. The molecule has 0 spiro atoms. The van der Waals surface area contributed by atoms with E-state index in [1.807, 2.05) is 0 Å². The molecule has 2 aliphatic rings. The summed E-state index contributed by atoms with van der Waals surface area (Å²) < 4.78 is 0. The predicted octanol–water partition coefficient (Wildman–Crippen LogP) is 1.13. The molecule has 22 heavy (non-hydrogen) atoms. The highest BCUT2D eigenvalue weighted by Crippen LogP contribution is 2.35. The van der Waals surface area contributed by atoms with Crippen LogP contribution in [0, 0.1) is 0 Å². The van der Waals surface area contributed by atoms with Crippen LogP contribution in [0.4, 0.5) is 4.79 Å². The number of carbonyl (C=O) groups excluding carboxylic acids is 2. The Labute approximate surface area is 130 Å². The van der Waals surface area contributed by atoms with E-state index in [0.29, 0.717) is 25.8 Å². The fourth-order valence-corrected chi connectivity index (χ4v) is 2.78. The molecule has 0 saturated heterocycles. The van der Waals surface area contributed by atoms with Gasteiger partial charge in [-0.15, -0.1) is 0 Å². The van der Waals surface area contributed by atoms with Crippen LogP contribution in [0.25, 0.3) is 0 Å². The van der Waals surface area contributed by atoms with Gasteiger partial charge in [0.25, 0.3) is 0 Å². The van der Waals surface area contributed by atoms with E-state index in [4.69, 9.17) is 5.11 Å². The largest absolute Gasteiger partial charge is 0.480 e. The molecule has 0 aromatic heterocycles. The Kier molecular flexibility index (Phi) is 5.63. The number of nitrogens with one attached hydrogen (secondary N) is 3. The summed E-state index contributed by atoms with van der Waals surface area (Å²) in [5.41, 5.74) is -1.02. The van der Waals surface area contributed by atoms with E-state index in [1.165, 1.54) is 6.42 Å². The van der Waals surface area contributed by atoms with Gasteiger partial charge in [0.15, 0.2) is 0 Å². The van der Waals surface area contributed by atoms with Crippen molar-refractivity contribution < 1.29 is 19.5 Å². The topological polar surface area (TPSA) is 108 Å². The third kappa shape index (κ3) is 4.89. The first-order valence-electron chi connectivity index (χ1n) is 8.11. The SMILES string of the molecule is O=C(CCCNC(=O)NC1CCCCC1)NC1(C(=O)O)CC1. The standard InChI is InChI=1S/C15H25N3O4/c19-12(18-15(8-9-15)13(20)21)7-4-10-16-14(22)17-11-5-2-1-3-6-11/h11H,1-10H2,(H,18,19)(H,20,21)(H2,16,17,22). The number of carboxylic acids is 1. The quantitative estimate of drug-likeness (QED) is 0.529. The van der Waals surface area contributed by atoms with Crippen molar-refractivity contribution in [2.24, 2.45) is 0 Å². The molecule has 2 saturated carbocycles. The lowest BCUT2D eigenvalue weighted by Gasteiger charge is -2.22. The van der Waals surface area contributed by atoms with Crippen molar-refractivity contribution >= 4 is 17.9 Å². The monoisotopic (exact) mass is 311 g/mol. The molecule has 4 N–H and O–H groups in total. The van der Waals surface area contributed by atoms with Crippen LogP contribution in [0.3, 0.4) is 0 Å². The van der Waals surface area contributed by atoms with E-state index in [1.54, 1.807) is 0 Å². The highest BCUT2D eigenvalue weighted by atomic mass is 16.4. The van der Waals surface area contributed by atoms with Crippen LogP contribution in [0.2, 0.25) is 0 Å². The fourth-order valence-electron chi connectivity index (χ4n) is 2.78. The van der Waals surface area contributed by atoms with Crippen LogP contribution in [0.5, 0.6) is 0 Å². The lowest BCUT2D eigenvalue weighted by atomic mass is 9.96. The van der Waals surface area contributed by atoms with E-state index in [2.05, 4.69) is 16.0 Å². The minimum Gasteiger partial charge on any atom is -0.480 e. The molecule has 0 unspecified atom stereocenters. The Bertz CT molecular complexity index is 429. The third-order valence-electron chi connectivity index (χ3n) is 4.34. The van der Waals surface area contributed by atoms with E-state index in [9.17, 15) is 14.4 Å². The number of hydrogen-bond donors (Lipinski definition) is 4. The van der Waals surface area contributed by atoms with Crippen molar-refractivity contribution in [3.63, 3.8) is 0 Å². The molecule has 2 rings (SSSR count). The summed E-state index contributed by atoms with van der Waals surface area (Å²) >= 11 is 0. The van der Waals surface area contributed by atoms with Gasteiger partial charge >= 0.3 is 12.0 Å². The fraction of sp³-hybridized carbons (Fsp3) is 0.800. The highest BCUT2D eigenvalue weighted by Gasteiger charge is 2.51. The summed E-state index contributed by atoms with van der Waals surface area (Å²) in [6, 6.07) is 0.0823.